The third-order valence-electron chi connectivity index (χ3n) is 7.35. The van der Waals surface area contributed by atoms with E-state index in [9.17, 15) is 35.5 Å². The van der Waals surface area contributed by atoms with Crippen LogP contribution in [-0.4, -0.2) is 48.9 Å². The largest absolute Gasteiger partial charge is 0.295 e. The van der Waals surface area contributed by atoms with E-state index in [1.54, 1.807) is 36.4 Å². The van der Waals surface area contributed by atoms with Crippen LogP contribution in [0.1, 0.15) is 33.4 Å². The maximum absolute atomic E-state index is 12.5. The fourth-order valence-corrected chi connectivity index (χ4v) is 6.47. The van der Waals surface area contributed by atoms with E-state index in [0.29, 0.717) is 11.1 Å². The normalized spacial score (nSPS) is 16.0. The number of hydrogen-bond acceptors (Lipinski definition) is 10. The molecule has 4 aromatic rings. The molecule has 0 radical (unpaired) electrons. The van der Waals surface area contributed by atoms with Gasteiger partial charge in [-0.25, -0.2) is 0 Å². The Bertz CT molecular complexity index is 2230. The Balaban J connectivity index is 1.28. The van der Waals surface area contributed by atoms with Crippen molar-refractivity contribution in [3.8, 4) is 0 Å². The molecular weight excluding hydrogens is 657 g/mol. The number of anilines is 2. The van der Waals surface area contributed by atoms with Crippen molar-refractivity contribution in [2.75, 3.05) is 10.9 Å². The highest BCUT2D eigenvalue weighted by atomic mass is 32.2. The summed E-state index contributed by atoms with van der Waals surface area (Å²) in [6, 6.07) is 22.0. The number of fused-ring (bicyclic) bond motifs is 2. The summed E-state index contributed by atoms with van der Waals surface area (Å²) in [5.74, 6) is -0.715. The molecule has 2 aliphatic rings. The number of carbonyl (C=O) groups excluding carboxylic acids is 2. The summed E-state index contributed by atoms with van der Waals surface area (Å²) < 4.78 is 69.2. The number of nitrogens with one attached hydrogen (secondary N) is 2. The van der Waals surface area contributed by atoms with Crippen LogP contribution in [-0.2, 0) is 29.8 Å². The molecule has 0 spiro atoms. The third-order valence-corrected chi connectivity index (χ3v) is 9.16. The zero-order chi connectivity index (χ0) is 34.1. The molecule has 6 rings (SSSR count). The standard InChI is InChI=1S/C34H24N4O8S2/c39-29-17-13-21-5-1-3-7-27(21)33(29)37-35-25-15-11-23(31(19-25)47(41,42)43)9-10-24-12-16-26(20-32(24)48(44,45)46)36-38-34-28-8-4-2-6-22(28)14-18-30(34)40/h1-20,35-36H,(H,41,42,43)(H,44,45,46). The van der Waals surface area contributed by atoms with Gasteiger partial charge < -0.3 is 0 Å². The average molecular weight is 681 g/mol. The van der Waals surface area contributed by atoms with Crippen molar-refractivity contribution in [1.29, 1.82) is 0 Å². The second kappa shape index (κ2) is 12.8. The summed E-state index contributed by atoms with van der Waals surface area (Å²) in [6.45, 7) is 0. The van der Waals surface area contributed by atoms with Crippen LogP contribution in [0, 0.1) is 0 Å². The van der Waals surface area contributed by atoms with Gasteiger partial charge in [-0.3, -0.25) is 29.5 Å². The summed E-state index contributed by atoms with van der Waals surface area (Å²) >= 11 is 0. The lowest BCUT2D eigenvalue weighted by molar-refractivity contribution is -0.109. The minimum Gasteiger partial charge on any atom is -0.287 e. The summed E-state index contributed by atoms with van der Waals surface area (Å²) in [7, 11) is -9.59. The molecule has 12 nitrogen and oxygen atoms in total. The highest BCUT2D eigenvalue weighted by Crippen LogP contribution is 2.27. The van der Waals surface area contributed by atoms with Gasteiger partial charge in [-0.2, -0.15) is 27.0 Å². The van der Waals surface area contributed by atoms with Gasteiger partial charge in [0.2, 0.25) is 11.6 Å². The number of benzene rings is 4. The lowest BCUT2D eigenvalue weighted by atomic mass is 9.95. The number of carbonyl (C=O) groups is 2. The van der Waals surface area contributed by atoms with E-state index >= 15 is 0 Å². The number of nitrogens with zero attached hydrogens (tertiary/aromatic N) is 2. The van der Waals surface area contributed by atoms with Crippen molar-refractivity contribution >= 4 is 78.9 Å². The first-order valence-corrected chi connectivity index (χ1v) is 17.0. The second-order valence-electron chi connectivity index (χ2n) is 10.5. The minimum atomic E-state index is -4.79. The van der Waals surface area contributed by atoms with Gasteiger partial charge in [0.1, 0.15) is 21.2 Å². The molecule has 240 valence electrons. The Hall–Kier alpha value is -5.80. The Kier molecular flexibility index (Phi) is 8.56. The van der Waals surface area contributed by atoms with E-state index in [4.69, 9.17) is 0 Å². The molecule has 0 aliphatic heterocycles. The van der Waals surface area contributed by atoms with Gasteiger partial charge in [-0.05, 0) is 58.7 Å². The highest BCUT2D eigenvalue weighted by molar-refractivity contribution is 7.86. The number of rotatable bonds is 8. The van der Waals surface area contributed by atoms with Crippen LogP contribution in [0.15, 0.2) is 117 Å². The maximum atomic E-state index is 12.5. The zero-order valence-corrected chi connectivity index (χ0v) is 26.2. The molecule has 0 fully saturated rings. The van der Waals surface area contributed by atoms with E-state index in [0.717, 1.165) is 23.3 Å². The topological polar surface area (TPSA) is 192 Å². The van der Waals surface area contributed by atoms with Gasteiger partial charge in [0.25, 0.3) is 20.2 Å². The summed E-state index contributed by atoms with van der Waals surface area (Å²) in [6.07, 6.45) is 8.54. The van der Waals surface area contributed by atoms with Crippen LogP contribution in [0.4, 0.5) is 11.4 Å². The lowest BCUT2D eigenvalue weighted by Gasteiger charge is -2.13. The molecule has 0 bridgehead atoms. The summed E-state index contributed by atoms with van der Waals surface area (Å²) in [5, 5.41) is 8.34. The van der Waals surface area contributed by atoms with Crippen LogP contribution >= 0.6 is 0 Å². The fourth-order valence-electron chi connectivity index (χ4n) is 5.05. The first kappa shape index (κ1) is 32.2. The van der Waals surface area contributed by atoms with E-state index < -0.39 is 30.0 Å². The molecule has 0 saturated carbocycles. The van der Waals surface area contributed by atoms with Gasteiger partial charge in [-0.15, -0.1) is 0 Å². The average Bonchev–Trinajstić information content (AvgIpc) is 3.06. The second-order valence-corrected chi connectivity index (χ2v) is 13.3. The molecule has 0 saturated heterocycles. The van der Waals surface area contributed by atoms with Crippen molar-refractivity contribution in [3.05, 3.63) is 130 Å². The van der Waals surface area contributed by atoms with Crippen molar-refractivity contribution in [2.45, 2.75) is 9.79 Å². The van der Waals surface area contributed by atoms with Crippen molar-refractivity contribution in [2.24, 2.45) is 10.2 Å². The number of hydrazone groups is 2. The van der Waals surface area contributed by atoms with Crippen molar-refractivity contribution < 1.29 is 35.5 Å². The number of hydrogen-bond donors (Lipinski definition) is 4. The quantitative estimate of drug-likeness (QED) is 0.110. The molecule has 0 heterocycles. The van der Waals surface area contributed by atoms with Gasteiger partial charge in [0, 0.05) is 11.1 Å². The van der Waals surface area contributed by atoms with Crippen molar-refractivity contribution in [1.82, 2.24) is 0 Å². The fraction of sp³-hybridized carbons (Fsp3) is 0. The molecule has 14 heteroatoms. The van der Waals surface area contributed by atoms with Crippen LogP contribution in [0.3, 0.4) is 0 Å². The van der Waals surface area contributed by atoms with Crippen LogP contribution in [0.5, 0.6) is 0 Å². The smallest absolute Gasteiger partial charge is 0.287 e. The van der Waals surface area contributed by atoms with E-state index in [2.05, 4.69) is 21.1 Å². The van der Waals surface area contributed by atoms with Crippen LogP contribution in [0.25, 0.3) is 24.3 Å². The van der Waals surface area contributed by atoms with Gasteiger partial charge in [0.15, 0.2) is 0 Å². The monoisotopic (exact) mass is 680 g/mol. The van der Waals surface area contributed by atoms with Gasteiger partial charge >= 0.3 is 0 Å². The zero-order valence-electron chi connectivity index (χ0n) is 24.6. The van der Waals surface area contributed by atoms with Crippen molar-refractivity contribution in [3.63, 3.8) is 0 Å². The maximum Gasteiger partial charge on any atom is 0.295 e. The summed E-state index contributed by atoms with van der Waals surface area (Å²) in [5.41, 5.74) is 8.50. The van der Waals surface area contributed by atoms with Crippen LogP contribution in [0.2, 0.25) is 0 Å². The van der Waals surface area contributed by atoms with Gasteiger partial charge in [-0.1, -0.05) is 85.0 Å². The first-order chi connectivity index (χ1) is 22.9. The third kappa shape index (κ3) is 6.82. The predicted octanol–water partition coefficient (Wildman–Crippen LogP) is 5.17. The molecule has 0 atom stereocenters. The molecule has 0 amide bonds. The Morgan fingerprint density at radius 3 is 1.33 bits per heavy atom. The predicted molar refractivity (Wildman–Crippen MR) is 183 cm³/mol. The van der Waals surface area contributed by atoms with E-state index in [1.165, 1.54) is 48.6 Å². The minimum absolute atomic E-state index is 0.0184. The van der Waals surface area contributed by atoms with E-state index in [1.807, 2.05) is 24.3 Å². The van der Waals surface area contributed by atoms with E-state index in [-0.39, 0.29) is 45.5 Å². The highest BCUT2D eigenvalue weighted by Gasteiger charge is 2.21. The Morgan fingerprint density at radius 2 is 0.938 bits per heavy atom. The molecule has 0 aromatic heterocycles. The Labute approximate surface area is 275 Å². The SMILES string of the molecule is O=C1C=Cc2ccccc2C1=NNc1ccc(C=Cc2ccc(NN=C3C(=O)C=Cc4ccccc43)cc2S(=O)(=O)O)c(S(=O)(=O)O)c1. The van der Waals surface area contributed by atoms with Gasteiger partial charge in [0.05, 0.1) is 11.4 Å². The molecule has 0 unspecified atom stereocenters. The first-order valence-electron chi connectivity index (χ1n) is 14.1. The molecule has 4 N–H and O–H groups in total. The molecule has 4 aromatic carbocycles. The number of ketones is 2. The molecule has 48 heavy (non-hydrogen) atoms. The van der Waals surface area contributed by atoms with Crippen LogP contribution < -0.4 is 10.9 Å². The Morgan fingerprint density at radius 1 is 0.542 bits per heavy atom. The number of allylic oxidation sites excluding steroid dienone is 2. The summed E-state index contributed by atoms with van der Waals surface area (Å²) in [4.78, 5) is 23.9. The lowest BCUT2D eigenvalue weighted by Crippen LogP contribution is -2.19. The molecular formula is C34H24N4O8S2. The molecule has 2 aliphatic carbocycles.